The summed E-state index contributed by atoms with van der Waals surface area (Å²) in [5.41, 5.74) is 0. The first-order valence-electron chi connectivity index (χ1n) is 4.72. The van der Waals surface area contributed by atoms with Crippen molar-refractivity contribution in [1.82, 2.24) is 10.2 Å². The largest absolute Gasteiger partial charge is 0.333 e. The second-order valence-electron chi connectivity index (χ2n) is 3.66. The van der Waals surface area contributed by atoms with E-state index >= 15 is 0 Å². The molecule has 0 radical (unpaired) electrons. The average molecular weight is 255 g/mol. The third kappa shape index (κ3) is 3.24. The topological polar surface area (TPSA) is 66.5 Å². The van der Waals surface area contributed by atoms with E-state index in [0.717, 1.165) is 0 Å². The highest BCUT2D eigenvalue weighted by Crippen LogP contribution is 2.18. The van der Waals surface area contributed by atoms with Gasteiger partial charge in [0.05, 0.1) is 22.9 Å². The quantitative estimate of drug-likeness (QED) is 0.709. The van der Waals surface area contributed by atoms with Crippen molar-refractivity contribution in [2.45, 2.75) is 18.3 Å². The number of amides is 2. The van der Waals surface area contributed by atoms with Gasteiger partial charge in [-0.05, 0) is 6.92 Å². The van der Waals surface area contributed by atoms with Crippen molar-refractivity contribution in [3.8, 4) is 0 Å². The number of nitrogens with zero attached hydrogens (tertiary/aromatic N) is 1. The van der Waals surface area contributed by atoms with E-state index < -0.39 is 21.3 Å². The van der Waals surface area contributed by atoms with Gasteiger partial charge in [0.15, 0.2) is 9.84 Å². The molecule has 88 valence electrons. The van der Waals surface area contributed by atoms with Gasteiger partial charge >= 0.3 is 6.03 Å². The third-order valence-electron chi connectivity index (χ3n) is 2.41. The molecule has 1 fully saturated rings. The number of sulfone groups is 1. The summed E-state index contributed by atoms with van der Waals surface area (Å²) in [6.07, 6.45) is 0. The summed E-state index contributed by atoms with van der Waals surface area (Å²) in [4.78, 5) is 12.9. The fraction of sp³-hybridized carbons (Fsp3) is 0.875. The van der Waals surface area contributed by atoms with Gasteiger partial charge in [-0.2, -0.15) is 0 Å². The van der Waals surface area contributed by atoms with Crippen molar-refractivity contribution in [2.24, 2.45) is 0 Å². The van der Waals surface area contributed by atoms with Crippen LogP contribution in [0.1, 0.15) is 6.92 Å². The van der Waals surface area contributed by atoms with Crippen LogP contribution in [0.2, 0.25) is 0 Å². The zero-order chi connectivity index (χ0) is 11.6. The molecule has 2 atom stereocenters. The van der Waals surface area contributed by atoms with Gasteiger partial charge in [-0.15, -0.1) is 11.6 Å². The lowest BCUT2D eigenvalue weighted by Gasteiger charge is -2.20. The lowest BCUT2D eigenvalue weighted by atomic mass is 10.2. The minimum absolute atomic E-state index is 0.0602. The molecule has 5 nitrogen and oxygen atoms in total. The molecule has 2 amide bonds. The van der Waals surface area contributed by atoms with Crippen LogP contribution in [0.25, 0.3) is 0 Å². The Kier molecular flexibility index (Phi) is 3.83. The summed E-state index contributed by atoms with van der Waals surface area (Å²) in [5.74, 6) is -0.125. The molecule has 15 heavy (non-hydrogen) atoms. The Morgan fingerprint density at radius 2 is 2.13 bits per heavy atom. The molecule has 1 heterocycles. The highest BCUT2D eigenvalue weighted by Gasteiger charge is 2.37. The number of hydrogen-bond acceptors (Lipinski definition) is 3. The number of rotatable bonds is 2. The molecule has 0 aromatic heterocycles. The van der Waals surface area contributed by atoms with E-state index in [-0.39, 0.29) is 17.5 Å². The molecule has 1 aliphatic heterocycles. The van der Waals surface area contributed by atoms with E-state index in [0.29, 0.717) is 6.54 Å². The zero-order valence-electron chi connectivity index (χ0n) is 8.73. The van der Waals surface area contributed by atoms with Crippen LogP contribution in [0.4, 0.5) is 4.79 Å². The van der Waals surface area contributed by atoms with Crippen LogP contribution < -0.4 is 5.32 Å². The summed E-state index contributed by atoms with van der Waals surface area (Å²) in [6, 6.07) is -0.761. The third-order valence-corrected chi connectivity index (χ3v) is 4.79. The molecule has 1 aliphatic rings. The van der Waals surface area contributed by atoms with Crippen LogP contribution >= 0.6 is 11.6 Å². The molecule has 2 unspecified atom stereocenters. The average Bonchev–Trinajstić information content (AvgIpc) is 2.38. The smallest absolute Gasteiger partial charge is 0.317 e. The Balaban J connectivity index is 2.57. The Bertz CT molecular complexity index is 344. The SMILES string of the molecule is CCN(C)C(=O)NC1CS(=O)(=O)CC1Cl. The Morgan fingerprint density at radius 3 is 2.53 bits per heavy atom. The van der Waals surface area contributed by atoms with Crippen molar-refractivity contribution >= 4 is 27.5 Å². The monoisotopic (exact) mass is 254 g/mol. The Labute approximate surface area is 94.7 Å². The number of alkyl halides is 1. The zero-order valence-corrected chi connectivity index (χ0v) is 10.3. The first-order valence-corrected chi connectivity index (χ1v) is 6.97. The van der Waals surface area contributed by atoms with Crippen molar-refractivity contribution in [2.75, 3.05) is 25.1 Å². The fourth-order valence-corrected chi connectivity index (χ4v) is 3.90. The Hall–Kier alpha value is -0.490. The van der Waals surface area contributed by atoms with Gasteiger partial charge in [-0.1, -0.05) is 0 Å². The van der Waals surface area contributed by atoms with Crippen LogP contribution in [0.3, 0.4) is 0 Å². The molecule has 1 N–H and O–H groups in total. The molecular weight excluding hydrogens is 240 g/mol. The van der Waals surface area contributed by atoms with E-state index in [4.69, 9.17) is 11.6 Å². The first-order chi connectivity index (χ1) is 6.85. The highest BCUT2D eigenvalue weighted by atomic mass is 35.5. The van der Waals surface area contributed by atoms with Gasteiger partial charge in [0.1, 0.15) is 0 Å². The molecular formula is C8H15ClN2O3S. The van der Waals surface area contributed by atoms with Crippen molar-refractivity contribution in [1.29, 1.82) is 0 Å². The van der Waals surface area contributed by atoms with Crippen LogP contribution in [0.5, 0.6) is 0 Å². The number of nitrogens with one attached hydrogen (secondary N) is 1. The van der Waals surface area contributed by atoms with E-state index in [2.05, 4.69) is 5.32 Å². The standard InChI is InChI=1S/C8H15ClN2O3S/c1-3-11(2)8(12)10-7-5-15(13,14)4-6(7)9/h6-7H,3-5H2,1-2H3,(H,10,12). The fourth-order valence-electron chi connectivity index (χ4n) is 1.35. The molecule has 0 aliphatic carbocycles. The van der Waals surface area contributed by atoms with Crippen LogP contribution in [-0.4, -0.2) is 55.9 Å². The summed E-state index contributed by atoms with van der Waals surface area (Å²) in [5, 5.41) is 2.09. The first kappa shape index (κ1) is 12.6. The summed E-state index contributed by atoms with van der Waals surface area (Å²) in [7, 11) is -1.45. The van der Waals surface area contributed by atoms with Gasteiger partial charge in [0.25, 0.3) is 0 Å². The summed E-state index contributed by atoms with van der Waals surface area (Å²) in [6.45, 7) is 2.40. The maximum absolute atomic E-state index is 11.4. The summed E-state index contributed by atoms with van der Waals surface area (Å²) < 4.78 is 22.4. The van der Waals surface area contributed by atoms with E-state index in [1.165, 1.54) is 4.90 Å². The molecule has 0 aromatic rings. The van der Waals surface area contributed by atoms with Gasteiger partial charge in [-0.25, -0.2) is 13.2 Å². The number of carbonyl (C=O) groups excluding carboxylic acids is 1. The van der Waals surface area contributed by atoms with E-state index in [9.17, 15) is 13.2 Å². The molecule has 1 saturated heterocycles. The number of carbonyl (C=O) groups is 1. The minimum Gasteiger partial charge on any atom is -0.333 e. The molecule has 0 aromatic carbocycles. The van der Waals surface area contributed by atoms with E-state index in [1.54, 1.807) is 7.05 Å². The molecule has 7 heteroatoms. The van der Waals surface area contributed by atoms with Gasteiger partial charge in [-0.3, -0.25) is 0 Å². The predicted octanol–water partition coefficient (Wildman–Crippen LogP) is 0.0521. The normalized spacial score (nSPS) is 28.7. The summed E-state index contributed by atoms with van der Waals surface area (Å²) >= 11 is 5.84. The highest BCUT2D eigenvalue weighted by molar-refractivity contribution is 7.91. The molecule has 0 spiro atoms. The van der Waals surface area contributed by atoms with Crippen molar-refractivity contribution < 1.29 is 13.2 Å². The van der Waals surface area contributed by atoms with Gasteiger partial charge < -0.3 is 10.2 Å². The lowest BCUT2D eigenvalue weighted by molar-refractivity contribution is 0.208. The van der Waals surface area contributed by atoms with Crippen LogP contribution in [0, 0.1) is 0 Å². The lowest BCUT2D eigenvalue weighted by Crippen LogP contribution is -2.46. The maximum Gasteiger partial charge on any atom is 0.317 e. The molecule has 0 saturated carbocycles. The molecule has 0 bridgehead atoms. The maximum atomic E-state index is 11.4. The van der Waals surface area contributed by atoms with Crippen molar-refractivity contribution in [3.05, 3.63) is 0 Å². The Morgan fingerprint density at radius 1 is 1.53 bits per heavy atom. The van der Waals surface area contributed by atoms with Gasteiger partial charge in [0, 0.05) is 13.6 Å². The van der Waals surface area contributed by atoms with Crippen LogP contribution in [0.15, 0.2) is 0 Å². The van der Waals surface area contributed by atoms with Gasteiger partial charge in [0.2, 0.25) is 0 Å². The van der Waals surface area contributed by atoms with E-state index in [1.807, 2.05) is 6.92 Å². The van der Waals surface area contributed by atoms with Crippen LogP contribution in [-0.2, 0) is 9.84 Å². The predicted molar refractivity (Wildman–Crippen MR) is 58.9 cm³/mol. The number of hydrogen-bond donors (Lipinski definition) is 1. The number of urea groups is 1. The van der Waals surface area contributed by atoms with Crippen molar-refractivity contribution in [3.63, 3.8) is 0 Å². The second-order valence-corrected chi connectivity index (χ2v) is 6.38. The molecule has 1 rings (SSSR count). The second kappa shape index (κ2) is 4.57. The number of halogens is 1. The minimum atomic E-state index is -3.09.